The van der Waals surface area contributed by atoms with Gasteiger partial charge in [-0.25, -0.2) is 9.97 Å². The predicted molar refractivity (Wildman–Crippen MR) is 122 cm³/mol. The normalized spacial score (nSPS) is 12.4. The average Bonchev–Trinajstić information content (AvgIpc) is 2.83. The van der Waals surface area contributed by atoms with Crippen molar-refractivity contribution in [2.24, 2.45) is 5.73 Å². The summed E-state index contributed by atoms with van der Waals surface area (Å²) >= 11 is 0. The monoisotopic (exact) mass is 449 g/mol. The van der Waals surface area contributed by atoms with E-state index in [4.69, 9.17) is 5.73 Å². The third-order valence-corrected chi connectivity index (χ3v) is 5.11. The Kier molecular flexibility index (Phi) is 6.65. The van der Waals surface area contributed by atoms with Crippen molar-refractivity contribution in [2.45, 2.75) is 18.6 Å². The summed E-state index contributed by atoms with van der Waals surface area (Å²) in [6.45, 7) is 0.438. The standard InChI is InChI=1S/C25H22F3N5/c26-25(27,28)20-8-4-7-19(14-20)22-16-32-24(33-23(22)18-9-11-30-12-10-18)31-15-21(29)13-17-5-2-1-3-6-17/h1-12,14,16,21H,13,15,29H2,(H,31,32,33)/t21-/m0/s1. The minimum atomic E-state index is -4.44. The zero-order chi connectivity index (χ0) is 23.3. The summed E-state index contributed by atoms with van der Waals surface area (Å²) in [7, 11) is 0. The van der Waals surface area contributed by atoms with E-state index >= 15 is 0 Å². The van der Waals surface area contributed by atoms with Crippen LogP contribution in [0.1, 0.15) is 11.1 Å². The summed E-state index contributed by atoms with van der Waals surface area (Å²) < 4.78 is 39.7. The molecule has 0 aliphatic rings. The van der Waals surface area contributed by atoms with Crippen molar-refractivity contribution in [3.8, 4) is 22.4 Å². The van der Waals surface area contributed by atoms with E-state index in [1.165, 1.54) is 12.3 Å². The highest BCUT2D eigenvalue weighted by Gasteiger charge is 2.30. The van der Waals surface area contributed by atoms with Crippen LogP contribution in [0.5, 0.6) is 0 Å². The van der Waals surface area contributed by atoms with E-state index in [1.807, 2.05) is 30.3 Å². The lowest BCUT2D eigenvalue weighted by atomic mass is 9.99. The maximum atomic E-state index is 13.2. The molecule has 4 rings (SSSR count). The fourth-order valence-electron chi connectivity index (χ4n) is 3.48. The summed E-state index contributed by atoms with van der Waals surface area (Å²) in [5.41, 5.74) is 8.75. The SMILES string of the molecule is N[C@H](CNc1ncc(-c2cccc(C(F)(F)F)c2)c(-c2ccncc2)n1)Cc1ccccc1. The number of benzene rings is 2. The number of nitrogens with one attached hydrogen (secondary N) is 1. The Labute approximate surface area is 189 Å². The molecule has 0 radical (unpaired) electrons. The summed E-state index contributed by atoms with van der Waals surface area (Å²) in [5.74, 6) is 0.348. The van der Waals surface area contributed by atoms with Crippen LogP contribution in [-0.2, 0) is 12.6 Å². The van der Waals surface area contributed by atoms with Gasteiger partial charge < -0.3 is 11.1 Å². The van der Waals surface area contributed by atoms with Gasteiger partial charge in [0.25, 0.3) is 0 Å². The van der Waals surface area contributed by atoms with E-state index in [9.17, 15) is 13.2 Å². The van der Waals surface area contributed by atoms with Crippen molar-refractivity contribution in [3.05, 3.63) is 96.4 Å². The Morgan fingerprint density at radius 3 is 2.39 bits per heavy atom. The summed E-state index contributed by atoms with van der Waals surface area (Å²) in [6.07, 6.45) is 0.993. The third-order valence-electron chi connectivity index (χ3n) is 5.11. The lowest BCUT2D eigenvalue weighted by Crippen LogP contribution is -2.31. The highest BCUT2D eigenvalue weighted by molar-refractivity contribution is 5.81. The smallest absolute Gasteiger partial charge is 0.353 e. The lowest BCUT2D eigenvalue weighted by molar-refractivity contribution is -0.137. The average molecular weight is 449 g/mol. The van der Waals surface area contributed by atoms with Crippen LogP contribution in [-0.4, -0.2) is 27.5 Å². The van der Waals surface area contributed by atoms with E-state index < -0.39 is 11.7 Å². The number of alkyl halides is 3. The minimum absolute atomic E-state index is 0.163. The molecule has 3 N–H and O–H groups in total. The number of aromatic nitrogens is 3. The van der Waals surface area contributed by atoms with Gasteiger partial charge in [0.05, 0.1) is 11.3 Å². The molecule has 1 atom stereocenters. The first-order valence-electron chi connectivity index (χ1n) is 10.4. The van der Waals surface area contributed by atoms with E-state index in [2.05, 4.69) is 20.3 Å². The van der Waals surface area contributed by atoms with Crippen LogP contribution < -0.4 is 11.1 Å². The van der Waals surface area contributed by atoms with Crippen LogP contribution in [0.2, 0.25) is 0 Å². The van der Waals surface area contributed by atoms with Gasteiger partial charge in [-0.3, -0.25) is 4.98 Å². The van der Waals surface area contributed by atoms with Gasteiger partial charge in [-0.15, -0.1) is 0 Å². The Morgan fingerprint density at radius 1 is 0.909 bits per heavy atom. The molecule has 4 aromatic rings. The number of pyridine rings is 1. The molecule has 0 fully saturated rings. The predicted octanol–water partition coefficient (Wildman–Crippen LogP) is 5.21. The van der Waals surface area contributed by atoms with E-state index in [0.717, 1.165) is 23.3 Å². The fraction of sp³-hybridized carbons (Fsp3) is 0.160. The molecule has 5 nitrogen and oxygen atoms in total. The van der Waals surface area contributed by atoms with Gasteiger partial charge in [0.1, 0.15) is 0 Å². The number of halogens is 3. The Bertz CT molecular complexity index is 1200. The van der Waals surface area contributed by atoms with Crippen LogP contribution in [0.4, 0.5) is 19.1 Å². The second-order valence-electron chi connectivity index (χ2n) is 7.60. The second-order valence-corrected chi connectivity index (χ2v) is 7.60. The van der Waals surface area contributed by atoms with Crippen LogP contribution in [0.15, 0.2) is 85.3 Å². The topological polar surface area (TPSA) is 76.7 Å². The summed E-state index contributed by atoms with van der Waals surface area (Å²) in [4.78, 5) is 13.0. The van der Waals surface area contributed by atoms with E-state index in [1.54, 1.807) is 30.6 Å². The van der Waals surface area contributed by atoms with Gasteiger partial charge in [-0.1, -0.05) is 42.5 Å². The number of nitrogens with zero attached hydrogens (tertiary/aromatic N) is 3. The largest absolute Gasteiger partial charge is 0.416 e. The number of hydrogen-bond acceptors (Lipinski definition) is 5. The summed E-state index contributed by atoms with van der Waals surface area (Å²) in [6, 6.07) is 18.4. The fourth-order valence-corrected chi connectivity index (χ4v) is 3.48. The Balaban J connectivity index is 1.61. The first-order chi connectivity index (χ1) is 15.9. The van der Waals surface area contributed by atoms with Crippen molar-refractivity contribution >= 4 is 5.95 Å². The molecule has 0 saturated carbocycles. The molecule has 0 aliphatic carbocycles. The molecule has 2 aromatic carbocycles. The highest BCUT2D eigenvalue weighted by Crippen LogP contribution is 2.35. The molecule has 168 valence electrons. The summed E-state index contributed by atoms with van der Waals surface area (Å²) in [5, 5.41) is 3.15. The van der Waals surface area contributed by atoms with Gasteiger partial charge in [0.2, 0.25) is 5.95 Å². The van der Waals surface area contributed by atoms with Crippen molar-refractivity contribution in [1.82, 2.24) is 15.0 Å². The van der Waals surface area contributed by atoms with Crippen molar-refractivity contribution < 1.29 is 13.2 Å². The molecule has 2 heterocycles. The number of nitrogens with two attached hydrogens (primary N) is 1. The van der Waals surface area contributed by atoms with Gasteiger partial charge in [-0.05, 0) is 41.8 Å². The zero-order valence-electron chi connectivity index (χ0n) is 17.6. The number of hydrogen-bond donors (Lipinski definition) is 2. The van der Waals surface area contributed by atoms with Crippen LogP contribution >= 0.6 is 0 Å². The Hall–Kier alpha value is -3.78. The van der Waals surface area contributed by atoms with Crippen molar-refractivity contribution in [2.75, 3.05) is 11.9 Å². The maximum Gasteiger partial charge on any atom is 0.416 e. The molecule has 2 aromatic heterocycles. The van der Waals surface area contributed by atoms with Crippen LogP contribution in [0, 0.1) is 0 Å². The van der Waals surface area contributed by atoms with E-state index in [-0.39, 0.29) is 6.04 Å². The molecule has 8 heteroatoms. The molecule has 0 unspecified atom stereocenters. The third kappa shape index (κ3) is 5.72. The molecular formula is C25H22F3N5. The minimum Gasteiger partial charge on any atom is -0.353 e. The van der Waals surface area contributed by atoms with Crippen molar-refractivity contribution in [3.63, 3.8) is 0 Å². The zero-order valence-corrected chi connectivity index (χ0v) is 17.6. The van der Waals surface area contributed by atoms with Gasteiger partial charge in [-0.2, -0.15) is 13.2 Å². The van der Waals surface area contributed by atoms with Crippen LogP contribution in [0.25, 0.3) is 22.4 Å². The molecule has 0 bridgehead atoms. The second kappa shape index (κ2) is 9.79. The first-order valence-corrected chi connectivity index (χ1v) is 10.4. The van der Waals surface area contributed by atoms with Crippen molar-refractivity contribution in [1.29, 1.82) is 0 Å². The van der Waals surface area contributed by atoms with E-state index in [0.29, 0.717) is 35.7 Å². The molecule has 0 saturated heterocycles. The number of rotatable bonds is 7. The molecule has 0 aliphatic heterocycles. The highest BCUT2D eigenvalue weighted by atomic mass is 19.4. The quantitative estimate of drug-likeness (QED) is 0.405. The number of anilines is 1. The lowest BCUT2D eigenvalue weighted by Gasteiger charge is -2.15. The van der Waals surface area contributed by atoms with Gasteiger partial charge in [0, 0.05) is 42.3 Å². The first kappa shape index (κ1) is 22.4. The van der Waals surface area contributed by atoms with Gasteiger partial charge >= 0.3 is 6.18 Å². The maximum absolute atomic E-state index is 13.2. The Morgan fingerprint density at radius 2 is 1.67 bits per heavy atom. The molecule has 33 heavy (non-hydrogen) atoms. The molecule has 0 spiro atoms. The molecular weight excluding hydrogens is 427 g/mol. The molecule has 0 amide bonds. The van der Waals surface area contributed by atoms with Crippen LogP contribution in [0.3, 0.4) is 0 Å². The van der Waals surface area contributed by atoms with Gasteiger partial charge in [0.15, 0.2) is 0 Å².